The van der Waals surface area contributed by atoms with Crippen LogP contribution in [0.25, 0.3) is 0 Å². The van der Waals surface area contributed by atoms with Crippen molar-refractivity contribution in [3.05, 3.63) is 23.3 Å². The van der Waals surface area contributed by atoms with Gasteiger partial charge in [-0.3, -0.25) is 24.0 Å². The quantitative estimate of drug-likeness (QED) is 0.208. The molecule has 2 fully saturated rings. The number of aryl methyl sites for hydroxylation is 1. The molecule has 0 aromatic heterocycles. The minimum absolute atomic E-state index is 0.111. The fourth-order valence-corrected chi connectivity index (χ4v) is 6.05. The summed E-state index contributed by atoms with van der Waals surface area (Å²) in [6.07, 6.45) is -0.360. The van der Waals surface area contributed by atoms with Crippen LogP contribution in [0.15, 0.2) is 12.1 Å². The predicted octanol–water partition coefficient (Wildman–Crippen LogP) is 0.788. The first-order chi connectivity index (χ1) is 21.4. The van der Waals surface area contributed by atoms with Gasteiger partial charge in [-0.1, -0.05) is 33.8 Å². The highest BCUT2D eigenvalue weighted by molar-refractivity contribution is 6.03. The van der Waals surface area contributed by atoms with Gasteiger partial charge in [0, 0.05) is 20.1 Å². The van der Waals surface area contributed by atoms with Crippen LogP contribution in [0.1, 0.15) is 70.3 Å². The maximum atomic E-state index is 14.0. The summed E-state index contributed by atoms with van der Waals surface area (Å²) in [5.74, 6) is -5.05. The van der Waals surface area contributed by atoms with Crippen LogP contribution in [0.3, 0.4) is 0 Å². The van der Waals surface area contributed by atoms with Gasteiger partial charge in [-0.15, -0.1) is 0 Å². The zero-order chi connectivity index (χ0) is 34.8. The van der Waals surface area contributed by atoms with Gasteiger partial charge in [0.25, 0.3) is 5.91 Å². The third kappa shape index (κ3) is 7.37. The summed E-state index contributed by atoms with van der Waals surface area (Å²) < 4.78 is 5.73. The van der Waals surface area contributed by atoms with Crippen LogP contribution in [0.5, 0.6) is 5.75 Å². The molecule has 2 heterocycles. The van der Waals surface area contributed by atoms with Gasteiger partial charge >= 0.3 is 5.97 Å². The molecule has 46 heavy (non-hydrogen) atoms. The Kier molecular flexibility index (Phi) is 11.3. The molecule has 0 radical (unpaired) electrons. The molecule has 5 N–H and O–H groups in total. The summed E-state index contributed by atoms with van der Waals surface area (Å²) in [4.78, 5) is 85.9. The van der Waals surface area contributed by atoms with Crippen molar-refractivity contribution >= 4 is 41.2 Å². The van der Waals surface area contributed by atoms with E-state index < -0.39 is 77.6 Å². The lowest BCUT2D eigenvalue weighted by atomic mass is 9.99. The molecule has 5 amide bonds. The number of phenolic OH excluding ortho intramolecular Hbond substituents is 1. The number of nitrogens with zero attached hydrogens (tertiary/aromatic N) is 3. The van der Waals surface area contributed by atoms with Gasteiger partial charge in [0.1, 0.15) is 36.0 Å². The van der Waals surface area contributed by atoms with Crippen LogP contribution >= 0.6 is 0 Å². The maximum absolute atomic E-state index is 14.0. The number of carbonyl (C=O) groups excluding carboxylic acids is 6. The summed E-state index contributed by atoms with van der Waals surface area (Å²) in [6, 6.07) is -1.99. The molecule has 2 aliphatic rings. The summed E-state index contributed by atoms with van der Waals surface area (Å²) in [7, 11) is 2.91. The molecule has 0 bridgehead atoms. The van der Waals surface area contributed by atoms with Crippen molar-refractivity contribution in [2.45, 2.75) is 97.6 Å². The van der Waals surface area contributed by atoms with E-state index in [4.69, 9.17) is 10.5 Å². The van der Waals surface area contributed by atoms with Crippen LogP contribution in [0.2, 0.25) is 0 Å². The Bertz CT molecular complexity index is 1380. The number of anilines is 1. The number of nitrogen functional groups attached to an aromatic ring is 1. The SMILES string of the molecule is Cc1ccc(C(=O)N[C@@H]2C(=O)N[C@H](C(C)C)C(=O)N3C(C)CC[C@H]3C(=O)N(C)CC(=O)N(C)[C@@H](C(C)C)C(=O)O[C@@H]2C)c(N)c1O. The molecular weight excluding hydrogens is 596 g/mol. The molecule has 0 aliphatic carbocycles. The van der Waals surface area contributed by atoms with Crippen LogP contribution in [-0.2, 0) is 28.7 Å². The Morgan fingerprint density at radius 3 is 2.24 bits per heavy atom. The Hall–Kier alpha value is -4.36. The number of hydrogen-bond acceptors (Lipinski definition) is 9. The summed E-state index contributed by atoms with van der Waals surface area (Å²) in [6.45, 7) is 11.4. The number of aromatic hydroxyl groups is 1. The number of carbonyl (C=O) groups is 6. The lowest BCUT2D eigenvalue weighted by Gasteiger charge is -2.37. The molecular formula is C32H48N6O8. The normalized spacial score (nSPS) is 27.2. The van der Waals surface area contributed by atoms with Crippen LogP contribution in [0.4, 0.5) is 5.69 Å². The van der Waals surface area contributed by atoms with E-state index in [1.54, 1.807) is 34.6 Å². The fraction of sp³-hybridized carbons (Fsp3) is 0.625. The summed E-state index contributed by atoms with van der Waals surface area (Å²) in [5.41, 5.74) is 6.14. The van der Waals surface area contributed by atoms with Crippen molar-refractivity contribution in [1.82, 2.24) is 25.3 Å². The van der Waals surface area contributed by atoms with Gasteiger partial charge in [-0.25, -0.2) is 4.79 Å². The van der Waals surface area contributed by atoms with Gasteiger partial charge < -0.3 is 40.9 Å². The Morgan fingerprint density at radius 2 is 1.65 bits per heavy atom. The van der Waals surface area contributed by atoms with Crippen molar-refractivity contribution in [3.8, 4) is 5.75 Å². The largest absolute Gasteiger partial charge is 0.505 e. The second kappa shape index (κ2) is 14.4. The average molecular weight is 645 g/mol. The van der Waals surface area contributed by atoms with E-state index in [1.807, 2.05) is 6.92 Å². The number of likely N-dealkylation sites (N-methyl/N-ethyl adjacent to an activating group) is 2. The highest BCUT2D eigenvalue weighted by Gasteiger charge is 2.45. The van der Waals surface area contributed by atoms with Crippen LogP contribution in [-0.4, -0.2) is 112 Å². The second-order valence-electron chi connectivity index (χ2n) is 13.1. The van der Waals surface area contributed by atoms with Crippen LogP contribution < -0.4 is 16.4 Å². The minimum Gasteiger partial charge on any atom is -0.505 e. The molecule has 0 spiro atoms. The first-order valence-corrected chi connectivity index (χ1v) is 15.6. The van der Waals surface area contributed by atoms with E-state index in [0.717, 1.165) is 0 Å². The number of hydrogen-bond donors (Lipinski definition) is 4. The molecule has 1 aromatic rings. The number of benzene rings is 1. The molecule has 1 aromatic carbocycles. The number of fused-ring (bicyclic) bond motifs is 1. The number of nitrogens with one attached hydrogen (secondary N) is 2. The van der Waals surface area contributed by atoms with Crippen molar-refractivity contribution in [2.24, 2.45) is 11.8 Å². The van der Waals surface area contributed by atoms with E-state index in [2.05, 4.69) is 10.6 Å². The van der Waals surface area contributed by atoms with Crippen molar-refractivity contribution in [3.63, 3.8) is 0 Å². The number of ether oxygens (including phenoxy) is 1. The van der Waals surface area contributed by atoms with Gasteiger partial charge in [0.15, 0.2) is 0 Å². The van der Waals surface area contributed by atoms with Crippen LogP contribution in [0, 0.1) is 18.8 Å². The lowest BCUT2D eigenvalue weighted by molar-refractivity contribution is -0.163. The molecule has 6 atom stereocenters. The standard InChI is InChI=1S/C32H48N6O8/c1-15(2)24-31(44)38-18(6)11-13-21(38)30(43)36(8)14-22(39)37(9)26(16(3)4)32(45)46-19(7)25(29(42)34-24)35-28(41)20-12-10-17(5)27(40)23(20)33/h10,12,15-16,18-19,21,24-26,40H,11,13-14,33H2,1-9H3,(H,34,42)(H,35,41)/t18?,19-,21+,24-,25+,26+/m1/s1. The number of cyclic esters (lactones) is 1. The van der Waals surface area contributed by atoms with Gasteiger partial charge in [-0.05, 0) is 57.1 Å². The van der Waals surface area contributed by atoms with E-state index in [0.29, 0.717) is 18.4 Å². The molecule has 2 saturated heterocycles. The van der Waals surface area contributed by atoms with Gasteiger partial charge in [0.05, 0.1) is 17.8 Å². The summed E-state index contributed by atoms with van der Waals surface area (Å²) in [5, 5.41) is 15.6. The monoisotopic (exact) mass is 644 g/mol. The number of esters is 1. The molecule has 2 aliphatic heterocycles. The van der Waals surface area contributed by atoms with Gasteiger partial charge in [-0.2, -0.15) is 0 Å². The highest BCUT2D eigenvalue weighted by atomic mass is 16.5. The molecule has 3 rings (SSSR count). The van der Waals surface area contributed by atoms with E-state index in [1.165, 1.54) is 47.9 Å². The fourth-order valence-electron chi connectivity index (χ4n) is 6.05. The van der Waals surface area contributed by atoms with E-state index >= 15 is 0 Å². The van der Waals surface area contributed by atoms with E-state index in [9.17, 15) is 33.9 Å². The predicted molar refractivity (Wildman–Crippen MR) is 169 cm³/mol. The first kappa shape index (κ1) is 36.1. The number of amides is 5. The Balaban J connectivity index is 2.11. The zero-order valence-electron chi connectivity index (χ0n) is 28.1. The molecule has 254 valence electrons. The van der Waals surface area contributed by atoms with Crippen molar-refractivity contribution in [2.75, 3.05) is 26.4 Å². The number of nitrogens with two attached hydrogens (primary N) is 1. The van der Waals surface area contributed by atoms with Crippen molar-refractivity contribution in [1.29, 1.82) is 0 Å². The zero-order valence-corrected chi connectivity index (χ0v) is 28.1. The minimum atomic E-state index is -1.52. The first-order valence-electron chi connectivity index (χ1n) is 15.6. The maximum Gasteiger partial charge on any atom is 0.329 e. The molecule has 0 saturated carbocycles. The Morgan fingerprint density at radius 1 is 1.02 bits per heavy atom. The lowest BCUT2D eigenvalue weighted by Crippen LogP contribution is -2.62. The third-order valence-corrected chi connectivity index (χ3v) is 8.87. The highest BCUT2D eigenvalue weighted by Crippen LogP contribution is 2.29. The smallest absolute Gasteiger partial charge is 0.329 e. The second-order valence-corrected chi connectivity index (χ2v) is 13.1. The van der Waals surface area contributed by atoms with E-state index in [-0.39, 0.29) is 29.6 Å². The topological polar surface area (TPSA) is 192 Å². The third-order valence-electron chi connectivity index (χ3n) is 8.87. The Labute approximate surface area is 270 Å². The number of rotatable bonds is 4. The molecule has 14 nitrogen and oxygen atoms in total. The average Bonchev–Trinajstić information content (AvgIpc) is 3.36. The van der Waals surface area contributed by atoms with Gasteiger partial charge in [0.2, 0.25) is 23.6 Å². The molecule has 14 heteroatoms. The molecule has 1 unspecified atom stereocenters. The summed E-state index contributed by atoms with van der Waals surface area (Å²) >= 11 is 0. The number of phenols is 1. The van der Waals surface area contributed by atoms with Crippen molar-refractivity contribution < 1.29 is 38.6 Å².